The van der Waals surface area contributed by atoms with Gasteiger partial charge >= 0.3 is 5.97 Å². The summed E-state index contributed by atoms with van der Waals surface area (Å²) in [6.07, 6.45) is 5.21. The van der Waals surface area contributed by atoms with Gasteiger partial charge in [-0.2, -0.15) is 0 Å². The van der Waals surface area contributed by atoms with Crippen LogP contribution in [0.2, 0.25) is 0 Å². The van der Waals surface area contributed by atoms with Gasteiger partial charge in [-0.1, -0.05) is 39.5 Å². The predicted octanol–water partition coefficient (Wildman–Crippen LogP) is 3.16. The van der Waals surface area contributed by atoms with Crippen molar-refractivity contribution in [3.05, 3.63) is 0 Å². The average molecular weight is 186 g/mol. The van der Waals surface area contributed by atoms with E-state index in [4.69, 9.17) is 4.74 Å². The molecule has 0 fully saturated rings. The molecule has 0 spiro atoms. The summed E-state index contributed by atoms with van der Waals surface area (Å²) in [6, 6.07) is 0. The summed E-state index contributed by atoms with van der Waals surface area (Å²) in [5.74, 6) is 0.503. The van der Waals surface area contributed by atoms with Crippen molar-refractivity contribution in [3.63, 3.8) is 0 Å². The highest BCUT2D eigenvalue weighted by atomic mass is 16.5. The molecule has 0 aliphatic carbocycles. The lowest BCUT2D eigenvalue weighted by molar-refractivity contribution is -0.144. The van der Waals surface area contributed by atoms with Crippen molar-refractivity contribution in [3.8, 4) is 0 Å². The first-order valence-electron chi connectivity index (χ1n) is 5.40. The maximum Gasteiger partial charge on any atom is 0.306 e. The van der Waals surface area contributed by atoms with Gasteiger partial charge in [0.05, 0.1) is 6.61 Å². The van der Waals surface area contributed by atoms with Crippen LogP contribution in [0, 0.1) is 5.92 Å². The Hall–Kier alpha value is -0.530. The Kier molecular flexibility index (Phi) is 7.76. The smallest absolute Gasteiger partial charge is 0.306 e. The average Bonchev–Trinajstić information content (AvgIpc) is 2.05. The van der Waals surface area contributed by atoms with Gasteiger partial charge in [-0.15, -0.1) is 0 Å². The Balaban J connectivity index is 3.71. The van der Waals surface area contributed by atoms with Crippen molar-refractivity contribution in [1.29, 1.82) is 0 Å². The van der Waals surface area contributed by atoms with Gasteiger partial charge in [0.2, 0.25) is 0 Å². The summed E-state index contributed by atoms with van der Waals surface area (Å²) < 4.78 is 4.93. The lowest BCUT2D eigenvalue weighted by Crippen LogP contribution is -2.11. The second-order valence-corrected chi connectivity index (χ2v) is 3.45. The highest BCUT2D eigenvalue weighted by Gasteiger charge is 2.12. The monoisotopic (exact) mass is 186 g/mol. The van der Waals surface area contributed by atoms with Gasteiger partial charge in [0, 0.05) is 6.42 Å². The fraction of sp³-hybridized carbons (Fsp3) is 0.909. The molecule has 2 nitrogen and oxygen atoms in total. The molecule has 0 bridgehead atoms. The molecular formula is C11H22O2. The lowest BCUT2D eigenvalue weighted by atomic mass is 9.95. The second-order valence-electron chi connectivity index (χ2n) is 3.45. The zero-order chi connectivity index (χ0) is 10.1. The molecule has 0 aromatic carbocycles. The highest BCUT2D eigenvalue weighted by molar-refractivity contribution is 5.69. The first kappa shape index (κ1) is 12.5. The molecule has 0 atom stereocenters. The molecule has 0 aromatic rings. The third-order valence-corrected chi connectivity index (χ3v) is 2.15. The van der Waals surface area contributed by atoms with E-state index in [1.807, 2.05) is 6.92 Å². The summed E-state index contributed by atoms with van der Waals surface area (Å²) in [7, 11) is 0. The van der Waals surface area contributed by atoms with Crippen molar-refractivity contribution in [2.75, 3.05) is 6.61 Å². The van der Waals surface area contributed by atoms with Gasteiger partial charge in [0.1, 0.15) is 0 Å². The Morgan fingerprint density at radius 3 is 2.08 bits per heavy atom. The molecule has 78 valence electrons. The van der Waals surface area contributed by atoms with E-state index in [-0.39, 0.29) is 5.97 Å². The number of carbonyl (C=O) groups excluding carboxylic acids is 1. The van der Waals surface area contributed by atoms with E-state index < -0.39 is 0 Å². The third kappa shape index (κ3) is 6.62. The topological polar surface area (TPSA) is 26.3 Å². The SMILES string of the molecule is CCCC(CCC)CC(=O)OCC. The van der Waals surface area contributed by atoms with E-state index in [1.54, 1.807) is 0 Å². The third-order valence-electron chi connectivity index (χ3n) is 2.15. The first-order chi connectivity index (χ1) is 6.24. The van der Waals surface area contributed by atoms with Crippen molar-refractivity contribution >= 4 is 5.97 Å². The molecule has 0 unspecified atom stereocenters. The molecule has 0 amide bonds. The van der Waals surface area contributed by atoms with Crippen LogP contribution in [0.25, 0.3) is 0 Å². The van der Waals surface area contributed by atoms with E-state index in [1.165, 1.54) is 0 Å². The van der Waals surface area contributed by atoms with Crippen LogP contribution >= 0.6 is 0 Å². The molecule has 13 heavy (non-hydrogen) atoms. The largest absolute Gasteiger partial charge is 0.466 e. The number of hydrogen-bond acceptors (Lipinski definition) is 2. The summed E-state index contributed by atoms with van der Waals surface area (Å²) in [4.78, 5) is 11.2. The Bertz CT molecular complexity index is 126. The molecule has 0 radical (unpaired) electrons. The summed E-state index contributed by atoms with van der Waals surface area (Å²) in [5.41, 5.74) is 0. The van der Waals surface area contributed by atoms with E-state index in [9.17, 15) is 4.79 Å². The van der Waals surface area contributed by atoms with Gasteiger partial charge in [-0.05, 0) is 12.8 Å². The van der Waals surface area contributed by atoms with Crippen molar-refractivity contribution < 1.29 is 9.53 Å². The van der Waals surface area contributed by atoms with Crippen molar-refractivity contribution in [1.82, 2.24) is 0 Å². The van der Waals surface area contributed by atoms with Crippen LogP contribution in [0.5, 0.6) is 0 Å². The standard InChI is InChI=1S/C11H22O2/c1-4-7-10(8-5-2)9-11(12)13-6-3/h10H,4-9H2,1-3H3. The van der Waals surface area contributed by atoms with E-state index in [2.05, 4.69) is 13.8 Å². The summed E-state index contributed by atoms with van der Waals surface area (Å²) >= 11 is 0. The first-order valence-corrected chi connectivity index (χ1v) is 5.40. The fourth-order valence-electron chi connectivity index (χ4n) is 1.62. The molecule has 0 aromatic heterocycles. The molecule has 0 saturated carbocycles. The number of ether oxygens (including phenoxy) is 1. The normalized spacial score (nSPS) is 10.5. The van der Waals surface area contributed by atoms with Crippen LogP contribution < -0.4 is 0 Å². The van der Waals surface area contributed by atoms with Gasteiger partial charge in [0.15, 0.2) is 0 Å². The van der Waals surface area contributed by atoms with Crippen LogP contribution in [0.1, 0.15) is 52.9 Å². The van der Waals surface area contributed by atoms with Gasteiger partial charge in [-0.3, -0.25) is 4.79 Å². The zero-order valence-corrected chi connectivity index (χ0v) is 9.14. The second kappa shape index (κ2) is 8.09. The summed E-state index contributed by atoms with van der Waals surface area (Å²) in [5, 5.41) is 0. The van der Waals surface area contributed by atoms with E-state index >= 15 is 0 Å². The molecule has 0 rings (SSSR count). The van der Waals surface area contributed by atoms with Gasteiger partial charge in [0.25, 0.3) is 0 Å². The van der Waals surface area contributed by atoms with Crippen LogP contribution in [0.3, 0.4) is 0 Å². The van der Waals surface area contributed by atoms with Crippen LogP contribution in [0.4, 0.5) is 0 Å². The van der Waals surface area contributed by atoms with Gasteiger partial charge in [-0.25, -0.2) is 0 Å². The van der Waals surface area contributed by atoms with Crippen molar-refractivity contribution in [2.45, 2.75) is 52.9 Å². The molecule has 0 aliphatic heterocycles. The molecule has 0 saturated heterocycles. The van der Waals surface area contributed by atoms with Gasteiger partial charge < -0.3 is 4.74 Å². The minimum atomic E-state index is -0.0330. The molecule has 0 heterocycles. The number of rotatable bonds is 7. The number of esters is 1. The maximum absolute atomic E-state index is 11.2. The predicted molar refractivity (Wildman–Crippen MR) is 54.6 cm³/mol. The zero-order valence-electron chi connectivity index (χ0n) is 9.14. The van der Waals surface area contributed by atoms with Crippen LogP contribution in [-0.4, -0.2) is 12.6 Å². The van der Waals surface area contributed by atoms with E-state index in [0.717, 1.165) is 25.7 Å². The maximum atomic E-state index is 11.2. The number of carbonyl (C=O) groups is 1. The number of hydrogen-bond donors (Lipinski definition) is 0. The van der Waals surface area contributed by atoms with Crippen LogP contribution in [0.15, 0.2) is 0 Å². The Morgan fingerprint density at radius 2 is 1.69 bits per heavy atom. The van der Waals surface area contributed by atoms with Crippen molar-refractivity contribution in [2.24, 2.45) is 5.92 Å². The molecule has 0 aliphatic rings. The molecular weight excluding hydrogens is 164 g/mol. The Morgan fingerprint density at radius 1 is 1.15 bits per heavy atom. The van der Waals surface area contributed by atoms with Crippen LogP contribution in [-0.2, 0) is 9.53 Å². The highest BCUT2D eigenvalue weighted by Crippen LogP contribution is 2.17. The summed E-state index contributed by atoms with van der Waals surface area (Å²) in [6.45, 7) is 6.68. The lowest BCUT2D eigenvalue weighted by Gasteiger charge is -2.13. The molecule has 2 heteroatoms. The van der Waals surface area contributed by atoms with E-state index in [0.29, 0.717) is 18.9 Å². The molecule has 0 N–H and O–H groups in total. The fourth-order valence-corrected chi connectivity index (χ4v) is 1.62. The quantitative estimate of drug-likeness (QED) is 0.571. The minimum Gasteiger partial charge on any atom is -0.466 e. The Labute approximate surface area is 81.7 Å². The minimum absolute atomic E-state index is 0.0330.